The predicted octanol–water partition coefficient (Wildman–Crippen LogP) is 14.2. The fourth-order valence-electron chi connectivity index (χ4n) is 8.22. The van der Waals surface area contributed by atoms with Crippen molar-refractivity contribution >= 4 is 66.1 Å². The second-order valence-electron chi connectivity index (χ2n) is 13.5. The molecule has 0 saturated carbocycles. The van der Waals surface area contributed by atoms with E-state index in [2.05, 4.69) is 157 Å². The zero-order chi connectivity index (χ0) is 35.5. The van der Waals surface area contributed by atoms with Gasteiger partial charge in [-0.15, -0.1) is 0 Å². The van der Waals surface area contributed by atoms with Crippen LogP contribution in [0, 0.1) is 0 Å². The fraction of sp³-hybridized carbons (Fsp3) is 0.0200. The van der Waals surface area contributed by atoms with Gasteiger partial charge in [0.2, 0.25) is 5.89 Å². The quantitative estimate of drug-likeness (QED) is 0.129. The zero-order valence-corrected chi connectivity index (χ0v) is 29.3. The maximum atomic E-state index is 6.61. The van der Waals surface area contributed by atoms with Crippen molar-refractivity contribution in [2.24, 2.45) is 0 Å². The Morgan fingerprint density at radius 2 is 1.23 bits per heavy atom. The zero-order valence-electron chi connectivity index (χ0n) is 29.3. The van der Waals surface area contributed by atoms with Crippen molar-refractivity contribution < 1.29 is 4.42 Å². The molecule has 0 fully saturated rings. The number of hydrogen-bond donors (Lipinski definition) is 0. The Hall–Kier alpha value is -6.97. The average Bonchev–Trinajstić information content (AvgIpc) is 3.61. The first-order valence-electron chi connectivity index (χ1n) is 18.0. The molecule has 3 nitrogen and oxygen atoms in total. The third kappa shape index (κ3) is 4.86. The molecule has 1 aliphatic carbocycles. The molecule has 0 amide bonds. The van der Waals surface area contributed by atoms with E-state index in [0.717, 1.165) is 55.3 Å². The summed E-state index contributed by atoms with van der Waals surface area (Å²) in [4.78, 5) is 7.32. The third-order valence-electron chi connectivity index (χ3n) is 10.5. The lowest BCUT2D eigenvalue weighted by Crippen LogP contribution is -2.10. The number of nitrogens with zero attached hydrogens (tertiary/aromatic N) is 2. The highest BCUT2D eigenvalue weighted by Gasteiger charge is 2.25. The number of anilines is 3. The minimum Gasteiger partial charge on any atom is -0.435 e. The van der Waals surface area contributed by atoms with Gasteiger partial charge < -0.3 is 9.32 Å². The second kappa shape index (κ2) is 12.4. The molecule has 1 aromatic heterocycles. The lowest BCUT2D eigenvalue weighted by Gasteiger charge is -2.28. The normalized spacial score (nSPS) is 12.4. The molecule has 250 valence electrons. The average molecular weight is 679 g/mol. The molecular formula is C50H34N2O. The molecule has 10 rings (SSSR count). The molecule has 0 saturated heterocycles. The van der Waals surface area contributed by atoms with Gasteiger partial charge in [0, 0.05) is 27.7 Å². The van der Waals surface area contributed by atoms with Crippen LogP contribution >= 0.6 is 0 Å². The summed E-state index contributed by atoms with van der Waals surface area (Å²) in [6, 6.07) is 55.0. The molecule has 0 radical (unpaired) electrons. The van der Waals surface area contributed by atoms with Gasteiger partial charge in [-0.1, -0.05) is 146 Å². The number of hydrogen-bond acceptors (Lipinski definition) is 3. The van der Waals surface area contributed by atoms with Gasteiger partial charge in [-0.05, 0) is 98.2 Å². The molecule has 8 aromatic carbocycles. The maximum absolute atomic E-state index is 6.61. The largest absolute Gasteiger partial charge is 0.435 e. The molecule has 0 N–H and O–H groups in total. The minimum absolute atomic E-state index is 0.576. The summed E-state index contributed by atoms with van der Waals surface area (Å²) >= 11 is 0. The Labute approximate surface area is 308 Å². The standard InChI is InChI=1S/C50H34N2O/c1-3-13-34(14-4-2)50-51-45-29-26-33-24-23-32-25-27-36(31-44(32)47(33)49(45)53-50)52(35-15-6-5-7-16-35)46-30-28-42-40-20-11-9-18-38(40)37-17-8-10-19-39(37)41-21-12-22-43(46)48(41)42/h3-31H,1H2,2H3/b14-4-,34-13+. The number of oxazole rings is 1. The van der Waals surface area contributed by atoms with Crippen LogP contribution in [0.4, 0.5) is 17.1 Å². The number of rotatable bonds is 6. The molecule has 1 heterocycles. The molecular weight excluding hydrogens is 645 g/mol. The van der Waals surface area contributed by atoms with Gasteiger partial charge >= 0.3 is 0 Å². The second-order valence-corrected chi connectivity index (χ2v) is 13.5. The Balaban J connectivity index is 1.25. The summed E-state index contributed by atoms with van der Waals surface area (Å²) in [6.07, 6.45) is 7.69. The number of aromatic nitrogens is 1. The van der Waals surface area contributed by atoms with E-state index in [1.54, 1.807) is 6.08 Å². The fourth-order valence-corrected chi connectivity index (χ4v) is 8.22. The van der Waals surface area contributed by atoms with Crippen LogP contribution in [0.3, 0.4) is 0 Å². The van der Waals surface area contributed by atoms with Crippen LogP contribution in [0.25, 0.3) is 82.4 Å². The van der Waals surface area contributed by atoms with E-state index >= 15 is 0 Å². The summed E-state index contributed by atoms with van der Waals surface area (Å²) in [7, 11) is 0. The van der Waals surface area contributed by atoms with Gasteiger partial charge in [-0.3, -0.25) is 0 Å². The monoisotopic (exact) mass is 678 g/mol. The number of allylic oxidation sites excluding steroid dienone is 5. The van der Waals surface area contributed by atoms with Crippen LogP contribution < -0.4 is 4.90 Å². The van der Waals surface area contributed by atoms with Crippen molar-refractivity contribution in [2.45, 2.75) is 6.92 Å². The Morgan fingerprint density at radius 3 is 1.96 bits per heavy atom. The lowest BCUT2D eigenvalue weighted by atomic mass is 9.92. The van der Waals surface area contributed by atoms with E-state index in [9.17, 15) is 0 Å². The van der Waals surface area contributed by atoms with Gasteiger partial charge in [0.05, 0.1) is 5.69 Å². The number of benzene rings is 8. The molecule has 0 spiro atoms. The molecule has 9 aromatic rings. The van der Waals surface area contributed by atoms with Crippen molar-refractivity contribution in [3.8, 4) is 33.4 Å². The summed E-state index contributed by atoms with van der Waals surface area (Å²) in [6.45, 7) is 5.90. The molecule has 0 bridgehead atoms. The third-order valence-corrected chi connectivity index (χ3v) is 10.5. The van der Waals surface area contributed by atoms with Crippen LogP contribution in [0.15, 0.2) is 187 Å². The van der Waals surface area contributed by atoms with E-state index in [1.807, 2.05) is 31.2 Å². The molecule has 1 aliphatic rings. The number of fused-ring (bicyclic) bond motifs is 10. The van der Waals surface area contributed by atoms with Gasteiger partial charge in [0.25, 0.3) is 0 Å². The highest BCUT2D eigenvalue weighted by atomic mass is 16.3. The molecule has 0 aliphatic heterocycles. The first kappa shape index (κ1) is 30.8. The SMILES string of the molecule is C=C/C=C(\C=C/C)c1nc2ccc3ccc4ccc(N(c5ccccc5)c5ccc6c7c(cccc57)-c5ccccc5-c5ccccc5-6)cc4c3c2o1. The number of para-hydroxylation sites is 1. The van der Waals surface area contributed by atoms with Crippen molar-refractivity contribution in [2.75, 3.05) is 4.90 Å². The van der Waals surface area contributed by atoms with Crippen LogP contribution in [-0.4, -0.2) is 4.98 Å². The first-order valence-corrected chi connectivity index (χ1v) is 18.0. The Bertz CT molecular complexity index is 2930. The van der Waals surface area contributed by atoms with Crippen molar-refractivity contribution in [3.63, 3.8) is 0 Å². The van der Waals surface area contributed by atoms with Gasteiger partial charge in [-0.2, -0.15) is 0 Å². The van der Waals surface area contributed by atoms with Gasteiger partial charge in [0.1, 0.15) is 5.52 Å². The first-order chi connectivity index (χ1) is 26.2. The minimum atomic E-state index is 0.576. The van der Waals surface area contributed by atoms with Gasteiger partial charge in [0.15, 0.2) is 5.58 Å². The molecule has 3 heteroatoms. The molecule has 53 heavy (non-hydrogen) atoms. The molecule has 0 unspecified atom stereocenters. The van der Waals surface area contributed by atoms with Crippen LogP contribution in [0.5, 0.6) is 0 Å². The van der Waals surface area contributed by atoms with E-state index in [1.165, 1.54) is 44.2 Å². The highest BCUT2D eigenvalue weighted by Crippen LogP contribution is 2.51. The van der Waals surface area contributed by atoms with E-state index in [0.29, 0.717) is 5.89 Å². The van der Waals surface area contributed by atoms with Crippen molar-refractivity contribution in [1.29, 1.82) is 0 Å². The Kier molecular flexibility index (Phi) is 7.19. The van der Waals surface area contributed by atoms with Crippen LogP contribution in [-0.2, 0) is 0 Å². The van der Waals surface area contributed by atoms with Crippen LogP contribution in [0.2, 0.25) is 0 Å². The van der Waals surface area contributed by atoms with E-state index in [4.69, 9.17) is 9.40 Å². The molecule has 0 atom stereocenters. The van der Waals surface area contributed by atoms with Crippen molar-refractivity contribution in [3.05, 3.63) is 188 Å². The van der Waals surface area contributed by atoms with E-state index in [-0.39, 0.29) is 0 Å². The Morgan fingerprint density at radius 1 is 0.585 bits per heavy atom. The highest BCUT2D eigenvalue weighted by molar-refractivity contribution is 6.20. The van der Waals surface area contributed by atoms with Gasteiger partial charge in [-0.25, -0.2) is 4.98 Å². The summed E-state index contributed by atoms with van der Waals surface area (Å²) in [5, 5.41) is 6.85. The topological polar surface area (TPSA) is 29.3 Å². The summed E-state index contributed by atoms with van der Waals surface area (Å²) in [5.41, 5.74) is 13.3. The predicted molar refractivity (Wildman–Crippen MR) is 224 cm³/mol. The lowest BCUT2D eigenvalue weighted by molar-refractivity contribution is 0.589. The summed E-state index contributed by atoms with van der Waals surface area (Å²) < 4.78 is 6.61. The maximum Gasteiger partial charge on any atom is 0.227 e. The van der Waals surface area contributed by atoms with E-state index < -0.39 is 0 Å². The summed E-state index contributed by atoms with van der Waals surface area (Å²) in [5.74, 6) is 0.576. The van der Waals surface area contributed by atoms with Crippen LogP contribution in [0.1, 0.15) is 12.8 Å². The van der Waals surface area contributed by atoms with Crippen molar-refractivity contribution in [1.82, 2.24) is 4.98 Å². The smallest absolute Gasteiger partial charge is 0.227 e.